The highest BCUT2D eigenvalue weighted by atomic mass is 32.2. The zero-order valence-corrected chi connectivity index (χ0v) is 58.5. The zero-order chi connectivity index (χ0) is 102. The molecule has 2 aliphatic heterocycles. The molecule has 0 radical (unpaired) electrons. The molecule has 8 aromatic rings. The van der Waals surface area contributed by atoms with Gasteiger partial charge in [-0.1, -0.05) is 22.4 Å². The quantitative estimate of drug-likeness (QED) is 0.121. The molecule has 0 spiro atoms. The highest BCUT2D eigenvalue weighted by Crippen LogP contribution is 2.33. The smallest absolute Gasteiger partial charge is 0.410 e. The molecular weight excluding hydrogens is 1950 g/mol. The number of pyridine rings is 2. The van der Waals surface area contributed by atoms with E-state index in [1.165, 1.54) is 53.1 Å². The summed E-state index contributed by atoms with van der Waals surface area (Å²) in [7, 11) is -3.25. The molecule has 2 fully saturated rings. The van der Waals surface area contributed by atoms with Gasteiger partial charge in [0.15, 0.2) is 0 Å². The van der Waals surface area contributed by atoms with E-state index in [0.717, 1.165) is 0 Å². The van der Waals surface area contributed by atoms with Gasteiger partial charge in [-0.15, -0.1) is 0 Å². The van der Waals surface area contributed by atoms with Gasteiger partial charge in [0.05, 0.1) is 41.4 Å². The Morgan fingerprint density at radius 1 is 0.415 bits per heavy atom. The summed E-state index contributed by atoms with van der Waals surface area (Å²) >= 11 is 0. The molecule has 6 aromatic heterocycles. The number of likely N-dealkylation sites (tertiary alicyclic amines) is 1. The summed E-state index contributed by atoms with van der Waals surface area (Å²) in [5.74, 6) is -1.37. The number of aromatic nitrogens is 8. The SMILES string of the molecule is CC(C)(C)OC(=O)N1CC(c2nc(-c3ccc(F)c(NC(=O)c4cnc5ccccn45)c3)no2)C1.CCS(=O)(=O)N1CC(c2nc(-c3ccc(F)c(NC(=O)c4cnc5ccccn45)c3)no2)C1.F.FF.FF.FF.FF.FF.FF.FF.FF.FF.FF.FF.FF.FF.FF.FF.FF.FF.FF.FF.FF.FF.FF.FF.FF.FF.FF.FF. The third-order valence-corrected chi connectivity index (χ3v) is 12.8. The highest BCUT2D eigenvalue weighted by molar-refractivity contribution is 7.89. The minimum Gasteiger partial charge on any atom is -0.444 e. The van der Waals surface area contributed by atoms with Gasteiger partial charge in [0, 0.05) is 297 Å². The van der Waals surface area contributed by atoms with E-state index in [2.05, 4.69) is 40.9 Å². The Hall–Kier alpha value is -11.8. The van der Waals surface area contributed by atoms with Crippen molar-refractivity contribution in [3.05, 3.63) is 132 Å². The first-order chi connectivity index (χ1) is 59.5. The van der Waals surface area contributed by atoms with Crippen LogP contribution in [-0.4, -0.2) is 112 Å². The Kier molecular flexibility index (Phi) is 169. The fourth-order valence-electron chi connectivity index (χ4n) is 7.24. The Labute approximate surface area is 639 Å². The molecular formula is C45H43F57N12O8S. The number of nitrogens with zero attached hydrogens (tertiary/aromatic N) is 10. The number of fused-ring (bicyclic) bond motifs is 2. The summed E-state index contributed by atoms with van der Waals surface area (Å²) in [5, 5.41) is 13.1. The summed E-state index contributed by atoms with van der Waals surface area (Å²) < 4.78 is 505. The third-order valence-electron chi connectivity index (χ3n) is 11.0. The first-order valence-corrected chi connectivity index (χ1v) is 26.7. The van der Waals surface area contributed by atoms with Gasteiger partial charge in [0.2, 0.25) is 33.5 Å². The van der Waals surface area contributed by atoms with Crippen LogP contribution in [0, 0.1) is 11.6 Å². The minimum absolute atomic E-state index is 0. The Balaban J connectivity index is -0.0000000617. The van der Waals surface area contributed by atoms with E-state index >= 15 is 0 Å². The lowest BCUT2D eigenvalue weighted by Gasteiger charge is -2.37. The van der Waals surface area contributed by atoms with Crippen LogP contribution in [0.2, 0.25) is 0 Å². The van der Waals surface area contributed by atoms with Crippen LogP contribution < -0.4 is 10.6 Å². The number of sulfonamides is 1. The Bertz CT molecular complexity index is 3420. The standard InChI is InChI=1S/C24H23FN6O4.C21H19FN6O4S.27F2.FH/c1-24(2,3)34-23(33)30-12-15(13-30)22-28-20(29-35-22)14-7-8-16(25)17(10-14)27-21(32)18-11-26-19-6-4-5-9-31(18)19;1-2-33(30,31)27-11-14(12-27)21-25-19(26-32-21)13-6-7-15(22)16(9-13)24-20(29)17-10-23-18-5-3-4-8-28(17)18;27*1-2;/h4-11,15H,12-13H2,1-3H3,(H,27,32);3-10,14H,2,11-12H2,1H3,(H,24,29);;;;;;;;;;;;;;;;;;;;;;;;;;;;1H. The van der Waals surface area contributed by atoms with Gasteiger partial charge in [0.25, 0.3) is 11.8 Å². The monoisotopic (exact) mass is 1990 g/mol. The van der Waals surface area contributed by atoms with Crippen LogP contribution in [0.15, 0.2) is 107 Å². The van der Waals surface area contributed by atoms with Crippen LogP contribution in [0.25, 0.3) is 34.1 Å². The van der Waals surface area contributed by atoms with E-state index in [0.29, 0.717) is 47.3 Å². The van der Waals surface area contributed by atoms with Gasteiger partial charge in [-0.2, -0.15) is 9.97 Å². The molecule has 0 saturated carbocycles. The van der Waals surface area contributed by atoms with Crippen molar-refractivity contribution in [3.8, 4) is 22.8 Å². The molecule has 3 amide bonds. The van der Waals surface area contributed by atoms with Crippen LogP contribution in [0.4, 0.5) is 277 Å². The van der Waals surface area contributed by atoms with Crippen molar-refractivity contribution in [2.75, 3.05) is 42.6 Å². The van der Waals surface area contributed by atoms with E-state index in [-0.39, 0.29) is 69.8 Å². The molecule has 736 valence electrons. The summed E-state index contributed by atoms with van der Waals surface area (Å²) in [6.07, 6.45) is 5.85. The summed E-state index contributed by atoms with van der Waals surface area (Å²) in [6.45, 7) is 8.38. The fourth-order valence-corrected chi connectivity index (χ4v) is 8.42. The zero-order valence-electron chi connectivity index (χ0n) is 57.6. The average molecular weight is 1990 g/mol. The topological polar surface area (TPSA) is 238 Å². The lowest BCUT2D eigenvalue weighted by Crippen LogP contribution is -2.50. The number of hydrogen-bond acceptors (Lipinski definition) is 14. The van der Waals surface area contributed by atoms with E-state index in [1.807, 2.05) is 26.8 Å². The molecule has 0 bridgehead atoms. The van der Waals surface area contributed by atoms with Gasteiger partial charge < -0.3 is 29.3 Å². The lowest BCUT2D eigenvalue weighted by molar-refractivity contribution is 0.00553. The highest BCUT2D eigenvalue weighted by Gasteiger charge is 2.40. The van der Waals surface area contributed by atoms with Crippen LogP contribution in [0.3, 0.4) is 0 Å². The predicted octanol–water partition coefficient (Wildman–Crippen LogP) is 29.5. The van der Waals surface area contributed by atoms with Gasteiger partial charge >= 0.3 is 6.09 Å². The molecule has 0 atom stereocenters. The second kappa shape index (κ2) is 128. The number of imidazole rings is 2. The molecule has 2 N–H and O–H groups in total. The molecule has 123 heavy (non-hydrogen) atoms. The largest absolute Gasteiger partial charge is 0.444 e. The van der Waals surface area contributed by atoms with Crippen molar-refractivity contribution in [2.24, 2.45) is 0 Å². The van der Waals surface area contributed by atoms with Crippen LogP contribution in [-0.2, 0) is 14.8 Å². The fraction of sp³-hybridized carbons (Fsp3) is 0.267. The summed E-state index contributed by atoms with van der Waals surface area (Å²) in [6, 6.07) is 18.9. The molecule has 2 saturated heterocycles. The normalized spacial score (nSPS) is 9.35. The van der Waals surface area contributed by atoms with Gasteiger partial charge in [-0.05, 0) is 88.4 Å². The van der Waals surface area contributed by atoms with E-state index in [9.17, 15) is 31.6 Å². The number of nitrogens with one attached hydrogen (secondary N) is 2. The van der Waals surface area contributed by atoms with Crippen LogP contribution in [0.1, 0.15) is 72.3 Å². The summed E-state index contributed by atoms with van der Waals surface area (Å²) in [5.41, 5.74) is 2.00. The van der Waals surface area contributed by atoms with Gasteiger partial charge in [-0.3, -0.25) is 23.1 Å². The molecule has 2 aromatic carbocycles. The number of hydrogen-bond donors (Lipinski definition) is 2. The number of carbonyl (C=O) groups excluding carboxylic acids is 3. The number of benzene rings is 2. The lowest BCUT2D eigenvalue weighted by atomic mass is 10.0. The number of halogens is 57. The van der Waals surface area contributed by atoms with Crippen molar-refractivity contribution in [3.63, 3.8) is 0 Å². The molecule has 10 rings (SSSR count). The van der Waals surface area contributed by atoms with Crippen molar-refractivity contribution in [1.82, 2.24) is 48.3 Å². The number of carbonyl (C=O) groups is 3. The van der Waals surface area contributed by atoms with Gasteiger partial charge in [0.1, 0.15) is 39.9 Å². The predicted molar refractivity (Wildman–Crippen MR) is 302 cm³/mol. The molecule has 20 nitrogen and oxygen atoms in total. The maximum absolute atomic E-state index is 14.5. The van der Waals surface area contributed by atoms with E-state index in [1.54, 1.807) is 63.4 Å². The second-order valence-electron chi connectivity index (χ2n) is 16.9. The first kappa shape index (κ1) is 162. The molecule has 2 aliphatic rings. The second-order valence-corrected chi connectivity index (χ2v) is 19.1. The molecule has 8 heterocycles. The third kappa shape index (κ3) is 67.6. The number of ether oxygens (including phenoxy) is 1. The minimum atomic E-state index is -3.25. The number of amides is 3. The van der Waals surface area contributed by atoms with Crippen molar-refractivity contribution >= 4 is 50.6 Å². The first-order valence-electron chi connectivity index (χ1n) is 25.1. The molecule has 0 aliphatic carbocycles. The van der Waals surface area contributed by atoms with E-state index < -0.39 is 45.2 Å². The Morgan fingerprint density at radius 2 is 0.675 bits per heavy atom. The number of anilines is 2. The van der Waals surface area contributed by atoms with Crippen molar-refractivity contribution < 1.29 is 297 Å². The van der Waals surface area contributed by atoms with Crippen LogP contribution in [0.5, 0.6) is 0 Å². The summed E-state index contributed by atoms with van der Waals surface area (Å²) in [4.78, 5) is 56.3. The Morgan fingerprint density at radius 3 is 0.927 bits per heavy atom. The molecule has 0 unspecified atom stereocenters. The number of rotatable bonds is 10. The van der Waals surface area contributed by atoms with Crippen LogP contribution >= 0.6 is 0 Å². The maximum Gasteiger partial charge on any atom is 0.410 e. The van der Waals surface area contributed by atoms with Crippen molar-refractivity contribution in [1.29, 1.82) is 0 Å². The molecule has 78 heteroatoms. The average Bonchev–Trinajstić information content (AvgIpc) is 1.75. The van der Waals surface area contributed by atoms with Gasteiger partial charge in [-0.25, -0.2) is 36.3 Å². The van der Waals surface area contributed by atoms with E-state index in [4.69, 9.17) is 261 Å². The maximum atomic E-state index is 14.5. The van der Waals surface area contributed by atoms with Crippen molar-refractivity contribution in [2.45, 2.75) is 45.1 Å².